The lowest BCUT2D eigenvalue weighted by atomic mass is 9.95. The second-order valence-electron chi connectivity index (χ2n) is 5.13. The van der Waals surface area contributed by atoms with Crippen LogP contribution in [-0.4, -0.2) is 22.0 Å². The normalized spacial score (nSPS) is 15.2. The molecular weight excluding hydrogens is 268 g/mol. The maximum atomic E-state index is 12.5. The molecule has 0 bridgehead atoms. The summed E-state index contributed by atoms with van der Waals surface area (Å²) in [5.41, 5.74) is 0.704. The van der Waals surface area contributed by atoms with E-state index in [1.807, 2.05) is 30.3 Å². The number of hydrogen-bond donors (Lipinski definition) is 2. The molecular formula is C16H14N2O3. The van der Waals surface area contributed by atoms with Crippen LogP contribution in [0.25, 0.3) is 0 Å². The fourth-order valence-corrected chi connectivity index (χ4v) is 2.45. The summed E-state index contributed by atoms with van der Waals surface area (Å²) in [6.07, 6.45) is 4.29. The number of aromatic nitrogens is 1. The van der Waals surface area contributed by atoms with E-state index in [1.165, 1.54) is 18.5 Å². The van der Waals surface area contributed by atoms with Gasteiger partial charge in [-0.2, -0.15) is 0 Å². The zero-order chi connectivity index (χ0) is 14.9. The van der Waals surface area contributed by atoms with E-state index < -0.39 is 11.4 Å². The van der Waals surface area contributed by atoms with Gasteiger partial charge in [-0.25, -0.2) is 4.79 Å². The van der Waals surface area contributed by atoms with Crippen molar-refractivity contribution in [2.24, 2.45) is 0 Å². The Morgan fingerprint density at radius 1 is 1.14 bits per heavy atom. The average molecular weight is 282 g/mol. The Morgan fingerprint density at radius 2 is 1.86 bits per heavy atom. The summed E-state index contributed by atoms with van der Waals surface area (Å²) in [5.74, 6) is -1.26. The second-order valence-corrected chi connectivity index (χ2v) is 5.13. The highest BCUT2D eigenvalue weighted by molar-refractivity contribution is 6.05. The Balaban J connectivity index is 1.87. The summed E-state index contributed by atoms with van der Waals surface area (Å²) in [6, 6.07) is 10.9. The zero-order valence-corrected chi connectivity index (χ0v) is 11.2. The van der Waals surface area contributed by atoms with Crippen LogP contribution in [0.2, 0.25) is 0 Å². The largest absolute Gasteiger partial charge is 0.478 e. The molecule has 0 spiro atoms. The third-order valence-corrected chi connectivity index (χ3v) is 3.81. The Kier molecular flexibility index (Phi) is 3.17. The molecule has 5 nitrogen and oxygen atoms in total. The number of rotatable bonds is 4. The lowest BCUT2D eigenvalue weighted by Gasteiger charge is -2.16. The molecule has 0 radical (unpaired) electrons. The van der Waals surface area contributed by atoms with Gasteiger partial charge in [0.2, 0.25) is 5.91 Å². The van der Waals surface area contributed by atoms with Crippen molar-refractivity contribution < 1.29 is 14.7 Å². The monoisotopic (exact) mass is 282 g/mol. The summed E-state index contributed by atoms with van der Waals surface area (Å²) in [5, 5.41) is 11.8. The van der Waals surface area contributed by atoms with E-state index in [4.69, 9.17) is 5.11 Å². The molecule has 1 fully saturated rings. The summed E-state index contributed by atoms with van der Waals surface area (Å²) < 4.78 is 0. The number of carbonyl (C=O) groups is 2. The molecule has 1 aromatic heterocycles. The number of pyridine rings is 1. The van der Waals surface area contributed by atoms with Crippen LogP contribution >= 0.6 is 0 Å². The molecule has 1 aliphatic rings. The smallest absolute Gasteiger partial charge is 0.337 e. The van der Waals surface area contributed by atoms with Gasteiger partial charge in [-0.1, -0.05) is 30.3 Å². The van der Waals surface area contributed by atoms with E-state index >= 15 is 0 Å². The lowest BCUT2D eigenvalue weighted by Crippen LogP contribution is -2.28. The number of benzene rings is 1. The molecule has 3 rings (SSSR count). The van der Waals surface area contributed by atoms with Gasteiger partial charge in [0.1, 0.15) is 0 Å². The fourth-order valence-electron chi connectivity index (χ4n) is 2.45. The van der Waals surface area contributed by atoms with Crippen molar-refractivity contribution in [2.75, 3.05) is 5.32 Å². The van der Waals surface area contributed by atoms with Gasteiger partial charge in [0.15, 0.2) is 0 Å². The van der Waals surface area contributed by atoms with E-state index in [2.05, 4.69) is 10.3 Å². The van der Waals surface area contributed by atoms with E-state index in [9.17, 15) is 9.59 Å². The van der Waals surface area contributed by atoms with Crippen molar-refractivity contribution in [3.63, 3.8) is 0 Å². The fraction of sp³-hybridized carbons (Fsp3) is 0.188. The zero-order valence-electron chi connectivity index (χ0n) is 11.2. The van der Waals surface area contributed by atoms with E-state index in [0.29, 0.717) is 0 Å². The number of amides is 1. The summed E-state index contributed by atoms with van der Waals surface area (Å²) in [4.78, 5) is 27.6. The van der Waals surface area contributed by atoms with Crippen LogP contribution in [-0.2, 0) is 10.2 Å². The third kappa shape index (κ3) is 2.38. The molecule has 21 heavy (non-hydrogen) atoms. The molecule has 0 unspecified atom stereocenters. The van der Waals surface area contributed by atoms with Gasteiger partial charge >= 0.3 is 5.97 Å². The Bertz CT molecular complexity index is 694. The quantitative estimate of drug-likeness (QED) is 0.902. The Labute approximate surface area is 121 Å². The first-order chi connectivity index (χ1) is 10.1. The number of carboxylic acid groups (broad SMARTS) is 1. The Morgan fingerprint density at radius 3 is 2.48 bits per heavy atom. The predicted molar refractivity (Wildman–Crippen MR) is 77.2 cm³/mol. The number of hydrogen-bond acceptors (Lipinski definition) is 3. The standard InChI is InChI=1S/C16H14N2O3/c19-14(20)12-6-9-17-10-13(12)18-15(21)16(7-8-16)11-4-2-1-3-5-11/h1-6,9-10H,7-8H2,(H,18,21)(H,19,20). The number of anilines is 1. The minimum atomic E-state index is -1.09. The summed E-state index contributed by atoms with van der Waals surface area (Å²) in [6.45, 7) is 0. The SMILES string of the molecule is O=C(O)c1ccncc1NC(=O)C1(c2ccccc2)CC1. The molecule has 1 aliphatic carbocycles. The van der Waals surface area contributed by atoms with Gasteiger partial charge in [-0.15, -0.1) is 0 Å². The first-order valence-corrected chi connectivity index (χ1v) is 6.68. The maximum Gasteiger partial charge on any atom is 0.337 e. The van der Waals surface area contributed by atoms with Crippen molar-refractivity contribution in [1.29, 1.82) is 0 Å². The highest BCUT2D eigenvalue weighted by atomic mass is 16.4. The van der Waals surface area contributed by atoms with Crippen LogP contribution in [0.1, 0.15) is 28.8 Å². The van der Waals surface area contributed by atoms with Crippen molar-refractivity contribution >= 4 is 17.6 Å². The minimum Gasteiger partial charge on any atom is -0.478 e. The molecule has 1 amide bonds. The number of aromatic carboxylic acids is 1. The van der Waals surface area contributed by atoms with E-state index in [0.717, 1.165) is 18.4 Å². The molecule has 5 heteroatoms. The Hall–Kier alpha value is -2.69. The van der Waals surface area contributed by atoms with Gasteiger partial charge in [0, 0.05) is 6.20 Å². The van der Waals surface area contributed by atoms with Crippen LogP contribution in [0.3, 0.4) is 0 Å². The number of nitrogens with zero attached hydrogens (tertiary/aromatic N) is 1. The highest BCUT2D eigenvalue weighted by Crippen LogP contribution is 2.48. The van der Waals surface area contributed by atoms with E-state index in [1.54, 1.807) is 0 Å². The third-order valence-electron chi connectivity index (χ3n) is 3.81. The first kappa shape index (κ1) is 13.3. The van der Waals surface area contributed by atoms with Crippen molar-refractivity contribution in [3.8, 4) is 0 Å². The van der Waals surface area contributed by atoms with Crippen molar-refractivity contribution in [1.82, 2.24) is 4.98 Å². The lowest BCUT2D eigenvalue weighted by molar-refractivity contribution is -0.118. The van der Waals surface area contributed by atoms with Crippen molar-refractivity contribution in [3.05, 3.63) is 59.9 Å². The first-order valence-electron chi connectivity index (χ1n) is 6.68. The van der Waals surface area contributed by atoms with Crippen LogP contribution in [0.15, 0.2) is 48.8 Å². The molecule has 0 atom stereocenters. The molecule has 0 saturated heterocycles. The van der Waals surface area contributed by atoms with Gasteiger partial charge < -0.3 is 10.4 Å². The van der Waals surface area contributed by atoms with Crippen LogP contribution < -0.4 is 5.32 Å². The highest BCUT2D eigenvalue weighted by Gasteiger charge is 2.51. The number of nitrogens with one attached hydrogen (secondary N) is 1. The second kappa shape index (κ2) is 5.01. The molecule has 106 valence electrons. The average Bonchev–Trinajstić information content (AvgIpc) is 3.30. The van der Waals surface area contributed by atoms with Crippen LogP contribution in [0.5, 0.6) is 0 Å². The predicted octanol–water partition coefficient (Wildman–Crippen LogP) is 2.45. The molecule has 1 saturated carbocycles. The van der Waals surface area contributed by atoms with Gasteiger partial charge in [-0.3, -0.25) is 9.78 Å². The molecule has 0 aliphatic heterocycles. The number of carbonyl (C=O) groups excluding carboxylic acids is 1. The summed E-state index contributed by atoms with van der Waals surface area (Å²) >= 11 is 0. The summed E-state index contributed by atoms with van der Waals surface area (Å²) in [7, 11) is 0. The molecule has 1 aromatic carbocycles. The molecule has 1 heterocycles. The topological polar surface area (TPSA) is 79.3 Å². The van der Waals surface area contributed by atoms with Crippen LogP contribution in [0, 0.1) is 0 Å². The van der Waals surface area contributed by atoms with Gasteiger partial charge in [0.25, 0.3) is 0 Å². The van der Waals surface area contributed by atoms with Crippen LogP contribution in [0.4, 0.5) is 5.69 Å². The minimum absolute atomic E-state index is 0.0437. The molecule has 2 N–H and O–H groups in total. The molecule has 2 aromatic rings. The van der Waals surface area contributed by atoms with Gasteiger partial charge in [0.05, 0.1) is 22.9 Å². The van der Waals surface area contributed by atoms with E-state index in [-0.39, 0.29) is 17.2 Å². The van der Waals surface area contributed by atoms with Crippen molar-refractivity contribution in [2.45, 2.75) is 18.3 Å². The number of carboxylic acids is 1. The maximum absolute atomic E-state index is 12.5. The van der Waals surface area contributed by atoms with Gasteiger partial charge in [-0.05, 0) is 24.5 Å².